The summed E-state index contributed by atoms with van der Waals surface area (Å²) in [7, 11) is 1.39. The van der Waals surface area contributed by atoms with Crippen LogP contribution in [-0.2, 0) is 9.53 Å². The third kappa shape index (κ3) is 4.99. The van der Waals surface area contributed by atoms with Crippen LogP contribution >= 0.6 is 0 Å². The molecule has 0 fully saturated rings. The number of benzene rings is 1. The Morgan fingerprint density at radius 1 is 1.37 bits per heavy atom. The molecule has 1 unspecified atom stereocenters. The molecule has 4 heteroatoms. The summed E-state index contributed by atoms with van der Waals surface area (Å²) in [5.41, 5.74) is 0.951. The van der Waals surface area contributed by atoms with Gasteiger partial charge in [0, 0.05) is 6.04 Å². The summed E-state index contributed by atoms with van der Waals surface area (Å²) in [4.78, 5) is 11.7. The highest BCUT2D eigenvalue weighted by Gasteiger charge is 2.20. The third-order valence-electron chi connectivity index (χ3n) is 3.15. The molecule has 0 radical (unpaired) electrons. The second-order valence-electron chi connectivity index (χ2n) is 4.66. The minimum atomic E-state index is -0.315. The molecule has 3 nitrogen and oxygen atoms in total. The Labute approximate surface area is 114 Å². The van der Waals surface area contributed by atoms with E-state index in [0.29, 0.717) is 0 Å². The highest BCUT2D eigenvalue weighted by Crippen LogP contribution is 2.15. The van der Waals surface area contributed by atoms with Crippen molar-refractivity contribution >= 4 is 5.97 Å². The van der Waals surface area contributed by atoms with Gasteiger partial charge in [-0.25, -0.2) is 4.39 Å². The summed E-state index contributed by atoms with van der Waals surface area (Å²) >= 11 is 0. The van der Waals surface area contributed by atoms with Crippen molar-refractivity contribution in [2.75, 3.05) is 7.11 Å². The average Bonchev–Trinajstić information content (AvgIpc) is 2.43. The summed E-state index contributed by atoms with van der Waals surface area (Å²) in [6, 6.07) is 5.95. The second-order valence-corrected chi connectivity index (χ2v) is 4.66. The molecule has 0 aromatic heterocycles. The zero-order valence-electron chi connectivity index (χ0n) is 11.8. The van der Waals surface area contributed by atoms with Crippen LogP contribution < -0.4 is 5.32 Å². The Balaban J connectivity index is 2.66. The van der Waals surface area contributed by atoms with Gasteiger partial charge in [0.1, 0.15) is 11.9 Å². The van der Waals surface area contributed by atoms with Crippen LogP contribution in [0.5, 0.6) is 0 Å². The molecule has 0 bridgehead atoms. The minimum absolute atomic E-state index is 0.0263. The molecule has 0 saturated heterocycles. The highest BCUT2D eigenvalue weighted by atomic mass is 19.1. The molecule has 1 aromatic rings. The predicted molar refractivity (Wildman–Crippen MR) is 73.3 cm³/mol. The van der Waals surface area contributed by atoms with Crippen molar-refractivity contribution in [2.24, 2.45) is 0 Å². The van der Waals surface area contributed by atoms with Gasteiger partial charge in [0.25, 0.3) is 0 Å². The normalized spacial score (nSPS) is 13.9. The molecule has 0 spiro atoms. The smallest absolute Gasteiger partial charge is 0.322 e. The number of hydrogen-bond acceptors (Lipinski definition) is 3. The standard InChI is InChI=1S/C15H22FNO2/c1-4-5-6-14(15(18)19-3)17-11(2)12-7-9-13(16)10-8-12/h7-11,14,17H,4-6H2,1-3H3/t11-,14?/m0/s1. The van der Waals surface area contributed by atoms with Gasteiger partial charge in [-0.05, 0) is 31.0 Å². The molecule has 19 heavy (non-hydrogen) atoms. The molecule has 0 aliphatic heterocycles. The van der Waals surface area contributed by atoms with Crippen molar-refractivity contribution in [3.05, 3.63) is 35.6 Å². The van der Waals surface area contributed by atoms with E-state index in [9.17, 15) is 9.18 Å². The van der Waals surface area contributed by atoms with Crippen molar-refractivity contribution in [2.45, 2.75) is 45.2 Å². The van der Waals surface area contributed by atoms with E-state index in [1.54, 1.807) is 12.1 Å². The number of rotatable bonds is 7. The predicted octanol–water partition coefficient (Wildman–Crippen LogP) is 3.21. The van der Waals surface area contributed by atoms with Crippen LogP contribution in [0.25, 0.3) is 0 Å². The van der Waals surface area contributed by atoms with Crippen molar-refractivity contribution in [3.8, 4) is 0 Å². The van der Waals surface area contributed by atoms with E-state index >= 15 is 0 Å². The van der Waals surface area contributed by atoms with Gasteiger partial charge in [-0.2, -0.15) is 0 Å². The Bertz CT molecular complexity index is 392. The molecule has 1 aromatic carbocycles. The SMILES string of the molecule is CCCCC(N[C@@H](C)c1ccc(F)cc1)C(=O)OC. The molecular formula is C15H22FNO2. The summed E-state index contributed by atoms with van der Waals surface area (Å²) in [5.74, 6) is -0.506. The largest absolute Gasteiger partial charge is 0.468 e. The van der Waals surface area contributed by atoms with Crippen LogP contribution in [0.1, 0.15) is 44.7 Å². The Hall–Kier alpha value is -1.42. The van der Waals surface area contributed by atoms with Gasteiger partial charge >= 0.3 is 5.97 Å². The van der Waals surface area contributed by atoms with Crippen molar-refractivity contribution in [1.29, 1.82) is 0 Å². The highest BCUT2D eigenvalue weighted by molar-refractivity contribution is 5.75. The van der Waals surface area contributed by atoms with E-state index in [4.69, 9.17) is 4.74 Å². The molecule has 0 aliphatic rings. The van der Waals surface area contributed by atoms with Gasteiger partial charge in [0.15, 0.2) is 0 Å². The maximum atomic E-state index is 12.9. The topological polar surface area (TPSA) is 38.3 Å². The van der Waals surface area contributed by atoms with Crippen molar-refractivity contribution in [3.63, 3.8) is 0 Å². The molecule has 2 atom stereocenters. The Morgan fingerprint density at radius 2 is 2.00 bits per heavy atom. The van der Waals surface area contributed by atoms with Crippen LogP contribution in [0.4, 0.5) is 4.39 Å². The maximum Gasteiger partial charge on any atom is 0.322 e. The summed E-state index contributed by atoms with van der Waals surface area (Å²) in [6.07, 6.45) is 2.73. The van der Waals surface area contributed by atoms with Crippen LogP contribution in [0.3, 0.4) is 0 Å². The fraction of sp³-hybridized carbons (Fsp3) is 0.533. The van der Waals surface area contributed by atoms with Crippen LogP contribution in [0.15, 0.2) is 24.3 Å². The fourth-order valence-corrected chi connectivity index (χ4v) is 1.97. The molecule has 1 N–H and O–H groups in total. The van der Waals surface area contributed by atoms with Gasteiger partial charge in [0.05, 0.1) is 7.11 Å². The van der Waals surface area contributed by atoms with Gasteiger partial charge in [-0.1, -0.05) is 31.9 Å². The van der Waals surface area contributed by atoms with Crippen molar-refractivity contribution in [1.82, 2.24) is 5.32 Å². The van der Waals surface area contributed by atoms with E-state index < -0.39 is 0 Å². The number of hydrogen-bond donors (Lipinski definition) is 1. The maximum absolute atomic E-state index is 12.9. The fourth-order valence-electron chi connectivity index (χ4n) is 1.97. The first-order valence-electron chi connectivity index (χ1n) is 6.67. The van der Waals surface area contributed by atoms with Gasteiger partial charge < -0.3 is 4.74 Å². The molecule has 106 valence electrons. The first kappa shape index (κ1) is 15.6. The van der Waals surface area contributed by atoms with Crippen LogP contribution in [0.2, 0.25) is 0 Å². The lowest BCUT2D eigenvalue weighted by Crippen LogP contribution is -2.39. The lowest BCUT2D eigenvalue weighted by Gasteiger charge is -2.21. The summed E-state index contributed by atoms with van der Waals surface area (Å²) < 4.78 is 17.7. The van der Waals surface area contributed by atoms with E-state index in [1.165, 1.54) is 19.2 Å². The van der Waals surface area contributed by atoms with Gasteiger partial charge in [-0.15, -0.1) is 0 Å². The lowest BCUT2D eigenvalue weighted by molar-refractivity contribution is -0.143. The molecule has 0 saturated carbocycles. The minimum Gasteiger partial charge on any atom is -0.468 e. The quantitative estimate of drug-likeness (QED) is 0.771. The zero-order chi connectivity index (χ0) is 14.3. The van der Waals surface area contributed by atoms with E-state index in [1.807, 2.05) is 6.92 Å². The molecule has 0 heterocycles. The van der Waals surface area contributed by atoms with Gasteiger partial charge in [0.2, 0.25) is 0 Å². The number of halogens is 1. The molecule has 0 amide bonds. The van der Waals surface area contributed by atoms with Crippen molar-refractivity contribution < 1.29 is 13.9 Å². The van der Waals surface area contributed by atoms with Crippen LogP contribution in [0, 0.1) is 5.82 Å². The number of carbonyl (C=O) groups excluding carboxylic acids is 1. The third-order valence-corrected chi connectivity index (χ3v) is 3.15. The molecular weight excluding hydrogens is 245 g/mol. The first-order valence-corrected chi connectivity index (χ1v) is 6.67. The van der Waals surface area contributed by atoms with E-state index in [0.717, 1.165) is 24.8 Å². The number of methoxy groups -OCH3 is 1. The summed E-state index contributed by atoms with van der Waals surface area (Å²) in [6.45, 7) is 4.03. The second kappa shape index (κ2) is 7.89. The number of unbranched alkanes of at least 4 members (excludes halogenated alkanes) is 1. The van der Waals surface area contributed by atoms with E-state index in [2.05, 4.69) is 12.2 Å². The monoisotopic (exact) mass is 267 g/mol. The Kier molecular flexibility index (Phi) is 6.50. The lowest BCUT2D eigenvalue weighted by atomic mass is 10.0. The number of esters is 1. The summed E-state index contributed by atoms with van der Waals surface area (Å²) in [5, 5.41) is 3.24. The molecule has 0 aliphatic carbocycles. The number of nitrogens with one attached hydrogen (secondary N) is 1. The molecule has 1 rings (SSSR count). The van der Waals surface area contributed by atoms with Crippen LogP contribution in [-0.4, -0.2) is 19.1 Å². The van der Waals surface area contributed by atoms with E-state index in [-0.39, 0.29) is 23.9 Å². The van der Waals surface area contributed by atoms with Gasteiger partial charge in [-0.3, -0.25) is 10.1 Å². The zero-order valence-corrected chi connectivity index (χ0v) is 11.8. The number of ether oxygens (including phenoxy) is 1. The number of carbonyl (C=O) groups is 1. The first-order chi connectivity index (χ1) is 9.08. The average molecular weight is 267 g/mol. The Morgan fingerprint density at radius 3 is 2.53 bits per heavy atom.